The average molecular weight is 354 g/mol. The molecule has 0 aliphatic carbocycles. The van der Waals surface area contributed by atoms with Crippen LogP contribution in [-0.2, 0) is 22.6 Å². The monoisotopic (exact) mass is 354 g/mol. The number of carbonyl (C=O) groups is 2. The third-order valence-corrected chi connectivity index (χ3v) is 5.51. The summed E-state index contributed by atoms with van der Waals surface area (Å²) < 4.78 is 1.41. The van der Waals surface area contributed by atoms with Crippen LogP contribution in [-0.4, -0.2) is 68.0 Å². The van der Waals surface area contributed by atoms with Gasteiger partial charge in [-0.25, -0.2) is 4.68 Å². The fourth-order valence-electron chi connectivity index (χ4n) is 3.97. The van der Waals surface area contributed by atoms with Gasteiger partial charge >= 0.3 is 0 Å². The van der Waals surface area contributed by atoms with Crippen molar-refractivity contribution in [2.24, 2.45) is 5.41 Å². The Balaban J connectivity index is 1.34. The average Bonchev–Trinajstić information content (AvgIpc) is 3.38. The van der Waals surface area contributed by atoms with Crippen LogP contribution in [0.5, 0.6) is 0 Å². The molecule has 1 atom stereocenters. The molecule has 2 fully saturated rings. The van der Waals surface area contributed by atoms with E-state index in [1.165, 1.54) is 16.6 Å². The molecule has 1 aromatic carbocycles. The van der Waals surface area contributed by atoms with Gasteiger partial charge in [-0.1, -0.05) is 30.3 Å². The molecule has 0 bridgehead atoms. The standard InChI is InChI=1S/C18H22N6O2/c25-16(12-24-14-19-20-21-24)23-11-8-18(13-23)7-10-22(17(18)26)9-6-15-4-2-1-3-5-15/h1-5,14H,6-13H2. The lowest BCUT2D eigenvalue weighted by Gasteiger charge is -2.23. The van der Waals surface area contributed by atoms with Gasteiger partial charge in [0, 0.05) is 26.2 Å². The highest BCUT2D eigenvalue weighted by Gasteiger charge is 2.51. The predicted octanol–water partition coefficient (Wildman–Crippen LogP) is 0.367. The molecule has 2 aliphatic rings. The summed E-state index contributed by atoms with van der Waals surface area (Å²) in [5.41, 5.74) is 0.846. The van der Waals surface area contributed by atoms with Crippen LogP contribution in [0.15, 0.2) is 36.7 Å². The molecule has 0 saturated carbocycles. The third-order valence-electron chi connectivity index (χ3n) is 5.51. The van der Waals surface area contributed by atoms with Crippen LogP contribution in [0, 0.1) is 5.41 Å². The van der Waals surface area contributed by atoms with Gasteiger partial charge in [0.05, 0.1) is 5.41 Å². The minimum atomic E-state index is -0.396. The quantitative estimate of drug-likeness (QED) is 0.774. The molecule has 26 heavy (non-hydrogen) atoms. The molecule has 2 saturated heterocycles. The highest BCUT2D eigenvalue weighted by molar-refractivity contribution is 5.87. The number of tetrazole rings is 1. The minimum absolute atomic E-state index is 0.0373. The summed E-state index contributed by atoms with van der Waals surface area (Å²) in [6.07, 6.45) is 3.87. The number of amides is 2. The van der Waals surface area contributed by atoms with E-state index < -0.39 is 5.41 Å². The van der Waals surface area contributed by atoms with E-state index in [0.717, 1.165) is 32.4 Å². The molecule has 4 rings (SSSR count). The van der Waals surface area contributed by atoms with Gasteiger partial charge in [-0.2, -0.15) is 0 Å². The van der Waals surface area contributed by atoms with Crippen LogP contribution in [0.3, 0.4) is 0 Å². The molecule has 2 aromatic rings. The predicted molar refractivity (Wildman–Crippen MR) is 92.8 cm³/mol. The van der Waals surface area contributed by atoms with E-state index in [9.17, 15) is 9.59 Å². The number of benzene rings is 1. The maximum atomic E-state index is 13.0. The first-order chi connectivity index (χ1) is 12.7. The second-order valence-electron chi connectivity index (χ2n) is 7.13. The minimum Gasteiger partial charge on any atom is -0.342 e. The molecule has 0 N–H and O–H groups in total. The first-order valence-corrected chi connectivity index (χ1v) is 8.98. The van der Waals surface area contributed by atoms with E-state index in [4.69, 9.17) is 0 Å². The highest BCUT2D eigenvalue weighted by Crippen LogP contribution is 2.40. The SMILES string of the molecule is O=C(Cn1cnnn1)N1CCC2(CCN(CCc3ccccc3)C2=O)C1. The normalized spacial score (nSPS) is 22.5. The second-order valence-corrected chi connectivity index (χ2v) is 7.13. The maximum Gasteiger partial charge on any atom is 0.244 e. The maximum absolute atomic E-state index is 13.0. The second kappa shape index (κ2) is 6.86. The lowest BCUT2D eigenvalue weighted by molar-refractivity contribution is -0.136. The summed E-state index contributed by atoms with van der Waals surface area (Å²) in [5.74, 6) is 0.163. The zero-order chi connectivity index (χ0) is 18.0. The van der Waals surface area contributed by atoms with Gasteiger partial charge in [-0.05, 0) is 35.3 Å². The number of carbonyl (C=O) groups excluding carboxylic acids is 2. The molecule has 8 heteroatoms. The Morgan fingerprint density at radius 2 is 1.96 bits per heavy atom. The van der Waals surface area contributed by atoms with Crippen molar-refractivity contribution in [3.63, 3.8) is 0 Å². The molecular formula is C18H22N6O2. The van der Waals surface area contributed by atoms with Crippen molar-refractivity contribution in [1.29, 1.82) is 0 Å². The van der Waals surface area contributed by atoms with E-state index in [0.29, 0.717) is 13.1 Å². The van der Waals surface area contributed by atoms with Crippen molar-refractivity contribution in [2.45, 2.75) is 25.8 Å². The number of likely N-dealkylation sites (tertiary alicyclic amines) is 2. The van der Waals surface area contributed by atoms with Crippen molar-refractivity contribution < 1.29 is 9.59 Å². The fourth-order valence-corrected chi connectivity index (χ4v) is 3.97. The van der Waals surface area contributed by atoms with Crippen LogP contribution in [0.4, 0.5) is 0 Å². The van der Waals surface area contributed by atoms with Gasteiger partial charge in [-0.15, -0.1) is 5.10 Å². The first-order valence-electron chi connectivity index (χ1n) is 8.98. The molecular weight excluding hydrogens is 332 g/mol. The van der Waals surface area contributed by atoms with Crippen molar-refractivity contribution in [3.8, 4) is 0 Å². The molecule has 1 spiro atoms. The van der Waals surface area contributed by atoms with E-state index in [2.05, 4.69) is 27.7 Å². The Labute approximate surface area is 151 Å². The third kappa shape index (κ3) is 3.18. The molecule has 8 nitrogen and oxygen atoms in total. The fraction of sp³-hybridized carbons (Fsp3) is 0.500. The molecule has 3 heterocycles. The molecule has 2 aliphatic heterocycles. The summed E-state index contributed by atoms with van der Waals surface area (Å²) in [5, 5.41) is 10.8. The lowest BCUT2D eigenvalue weighted by Crippen LogP contribution is -2.39. The van der Waals surface area contributed by atoms with Crippen molar-refractivity contribution >= 4 is 11.8 Å². The lowest BCUT2D eigenvalue weighted by atomic mass is 9.85. The smallest absolute Gasteiger partial charge is 0.244 e. The number of hydrogen-bond acceptors (Lipinski definition) is 5. The Kier molecular flexibility index (Phi) is 4.40. The van der Waals surface area contributed by atoms with Crippen molar-refractivity contribution in [3.05, 3.63) is 42.2 Å². The molecule has 1 aromatic heterocycles. The van der Waals surface area contributed by atoms with E-state index >= 15 is 0 Å². The largest absolute Gasteiger partial charge is 0.342 e. The number of rotatable bonds is 5. The highest BCUT2D eigenvalue weighted by atomic mass is 16.2. The summed E-state index contributed by atoms with van der Waals surface area (Å²) in [7, 11) is 0. The van der Waals surface area contributed by atoms with Gasteiger partial charge in [0.2, 0.25) is 11.8 Å². The van der Waals surface area contributed by atoms with Gasteiger partial charge < -0.3 is 9.80 Å². The zero-order valence-corrected chi connectivity index (χ0v) is 14.6. The van der Waals surface area contributed by atoms with E-state index in [1.807, 2.05) is 23.1 Å². The Bertz CT molecular complexity index is 778. The Morgan fingerprint density at radius 1 is 1.15 bits per heavy atom. The molecule has 0 radical (unpaired) electrons. The van der Waals surface area contributed by atoms with Crippen molar-refractivity contribution in [1.82, 2.24) is 30.0 Å². The first kappa shape index (κ1) is 16.7. The summed E-state index contributed by atoms with van der Waals surface area (Å²) >= 11 is 0. The van der Waals surface area contributed by atoms with Crippen LogP contribution in [0.1, 0.15) is 18.4 Å². The van der Waals surface area contributed by atoms with Crippen LogP contribution in [0.2, 0.25) is 0 Å². The zero-order valence-electron chi connectivity index (χ0n) is 14.6. The number of aromatic nitrogens is 4. The number of hydrogen-bond donors (Lipinski definition) is 0. The summed E-state index contributed by atoms with van der Waals surface area (Å²) in [6.45, 7) is 2.77. The Hall–Kier alpha value is -2.77. The van der Waals surface area contributed by atoms with E-state index in [1.54, 1.807) is 4.90 Å². The van der Waals surface area contributed by atoms with Gasteiger partial charge in [-0.3, -0.25) is 9.59 Å². The summed E-state index contributed by atoms with van der Waals surface area (Å²) in [4.78, 5) is 29.2. The van der Waals surface area contributed by atoms with Gasteiger partial charge in [0.25, 0.3) is 0 Å². The summed E-state index contributed by atoms with van der Waals surface area (Å²) in [6, 6.07) is 10.2. The van der Waals surface area contributed by atoms with Crippen LogP contribution in [0.25, 0.3) is 0 Å². The van der Waals surface area contributed by atoms with E-state index in [-0.39, 0.29) is 18.4 Å². The molecule has 2 amide bonds. The molecule has 136 valence electrons. The van der Waals surface area contributed by atoms with Crippen molar-refractivity contribution in [2.75, 3.05) is 26.2 Å². The Morgan fingerprint density at radius 3 is 2.73 bits per heavy atom. The van der Waals surface area contributed by atoms with Gasteiger partial charge in [0.1, 0.15) is 12.9 Å². The van der Waals surface area contributed by atoms with Crippen LogP contribution >= 0.6 is 0 Å². The van der Waals surface area contributed by atoms with Gasteiger partial charge in [0.15, 0.2) is 0 Å². The molecule has 1 unspecified atom stereocenters. The number of nitrogens with zero attached hydrogens (tertiary/aromatic N) is 6. The topological polar surface area (TPSA) is 84.2 Å². The van der Waals surface area contributed by atoms with Crippen LogP contribution < -0.4 is 0 Å².